The summed E-state index contributed by atoms with van der Waals surface area (Å²) in [6.07, 6.45) is 2.61. The van der Waals surface area contributed by atoms with Crippen LogP contribution in [0.4, 0.5) is 5.00 Å². The zero-order valence-corrected chi connectivity index (χ0v) is 17.7. The number of thiophene rings is 1. The Balaban J connectivity index is 1.46. The molecule has 0 bridgehead atoms. The van der Waals surface area contributed by atoms with E-state index in [0.717, 1.165) is 29.7 Å². The normalized spacial score (nSPS) is 12.6. The number of nitrogens with zero attached hydrogens (tertiary/aromatic N) is 1. The van der Waals surface area contributed by atoms with Crippen molar-refractivity contribution < 1.29 is 19.1 Å². The zero-order chi connectivity index (χ0) is 21.4. The number of esters is 1. The number of carbonyl (C=O) groups excluding carboxylic acids is 3. The molecule has 0 spiro atoms. The number of carbonyl (C=O) groups is 3. The van der Waals surface area contributed by atoms with Gasteiger partial charge in [0.2, 0.25) is 0 Å². The van der Waals surface area contributed by atoms with Crippen LogP contribution in [0.25, 0.3) is 10.9 Å². The van der Waals surface area contributed by atoms with Crippen molar-refractivity contribution in [2.45, 2.75) is 26.2 Å². The fraction of sp³-hybridized carbons (Fsp3) is 0.238. The number of pyridine rings is 1. The molecule has 154 valence electrons. The second-order valence-corrected chi connectivity index (χ2v) is 8.55. The van der Waals surface area contributed by atoms with Crippen molar-refractivity contribution in [3.05, 3.63) is 56.5 Å². The molecule has 2 aromatic heterocycles. The summed E-state index contributed by atoms with van der Waals surface area (Å²) in [5, 5.41) is 4.28. The largest absolute Gasteiger partial charge is 0.452 e. The van der Waals surface area contributed by atoms with E-state index in [-0.39, 0.29) is 5.56 Å². The van der Waals surface area contributed by atoms with Gasteiger partial charge >= 0.3 is 5.97 Å². The van der Waals surface area contributed by atoms with E-state index >= 15 is 0 Å². The lowest BCUT2D eigenvalue weighted by atomic mass is 10.1. The summed E-state index contributed by atoms with van der Waals surface area (Å²) in [6.45, 7) is 1.20. The zero-order valence-electron chi connectivity index (χ0n) is 16.1. The van der Waals surface area contributed by atoms with Crippen LogP contribution in [0.1, 0.15) is 43.3 Å². The molecule has 9 heteroatoms. The van der Waals surface area contributed by atoms with Crippen LogP contribution in [0.3, 0.4) is 0 Å². The molecule has 0 radical (unpaired) electrons. The first kappa shape index (κ1) is 20.3. The summed E-state index contributed by atoms with van der Waals surface area (Å²) in [5.41, 5.74) is 8.21. The second-order valence-electron chi connectivity index (χ2n) is 7.01. The van der Waals surface area contributed by atoms with E-state index in [1.54, 1.807) is 31.2 Å². The number of nitrogens with one attached hydrogen (secondary N) is 1. The lowest BCUT2D eigenvalue weighted by Crippen LogP contribution is -2.23. The molecule has 2 amide bonds. The molecule has 1 aliphatic rings. The third kappa shape index (κ3) is 3.88. The smallest absolute Gasteiger partial charge is 0.340 e. The van der Waals surface area contributed by atoms with Gasteiger partial charge in [0.25, 0.3) is 11.8 Å². The second kappa shape index (κ2) is 8.04. The summed E-state index contributed by atoms with van der Waals surface area (Å²) in [5.74, 6) is -1.78. The molecule has 0 saturated heterocycles. The summed E-state index contributed by atoms with van der Waals surface area (Å²) in [4.78, 5) is 42.1. The number of aromatic nitrogens is 1. The number of rotatable bonds is 5. The number of aryl methyl sites for hydroxylation is 2. The molecule has 4 rings (SSSR count). The molecule has 30 heavy (non-hydrogen) atoms. The molecule has 0 fully saturated rings. The van der Waals surface area contributed by atoms with Gasteiger partial charge in [0.05, 0.1) is 22.3 Å². The molecular formula is C21H18ClN3O4S. The highest BCUT2D eigenvalue weighted by Gasteiger charge is 2.26. The van der Waals surface area contributed by atoms with Crippen molar-refractivity contribution >= 4 is 56.6 Å². The van der Waals surface area contributed by atoms with Crippen molar-refractivity contribution in [1.82, 2.24) is 4.98 Å². The SMILES string of the molecule is Cc1nc2ccc(Cl)cc2cc1C(=O)OCC(=O)Nc1sc2c(c1C(N)=O)CCC2. The van der Waals surface area contributed by atoms with E-state index in [1.807, 2.05) is 0 Å². The average Bonchev–Trinajstić information content (AvgIpc) is 3.26. The molecule has 0 saturated carbocycles. The fourth-order valence-corrected chi connectivity index (χ4v) is 5.07. The molecule has 0 atom stereocenters. The number of fused-ring (bicyclic) bond motifs is 2. The molecule has 7 nitrogen and oxygen atoms in total. The van der Waals surface area contributed by atoms with Gasteiger partial charge in [0.15, 0.2) is 6.61 Å². The maximum Gasteiger partial charge on any atom is 0.340 e. The Hall–Kier alpha value is -2.97. The third-order valence-electron chi connectivity index (χ3n) is 4.94. The molecule has 3 aromatic rings. The molecule has 3 N–H and O–H groups in total. The van der Waals surface area contributed by atoms with Crippen LogP contribution < -0.4 is 11.1 Å². The molecule has 1 aromatic carbocycles. The van der Waals surface area contributed by atoms with Gasteiger partial charge in [-0.05, 0) is 56.0 Å². The van der Waals surface area contributed by atoms with Gasteiger partial charge in [-0.1, -0.05) is 11.6 Å². The highest BCUT2D eigenvalue weighted by Crippen LogP contribution is 2.38. The molecule has 0 aliphatic heterocycles. The van der Waals surface area contributed by atoms with Gasteiger partial charge in [-0.25, -0.2) is 4.79 Å². The number of amides is 2. The average molecular weight is 444 g/mol. The van der Waals surface area contributed by atoms with E-state index < -0.39 is 24.4 Å². The first-order valence-electron chi connectivity index (χ1n) is 9.31. The summed E-state index contributed by atoms with van der Waals surface area (Å²) in [6, 6.07) is 6.83. The lowest BCUT2D eigenvalue weighted by molar-refractivity contribution is -0.119. The van der Waals surface area contributed by atoms with E-state index in [4.69, 9.17) is 22.1 Å². The van der Waals surface area contributed by atoms with Crippen molar-refractivity contribution in [3.8, 4) is 0 Å². The number of primary amides is 1. The van der Waals surface area contributed by atoms with Crippen LogP contribution in [0.5, 0.6) is 0 Å². The Kier molecular flexibility index (Phi) is 5.44. The molecule has 2 heterocycles. The number of halogens is 1. The molecule has 1 aliphatic carbocycles. The minimum atomic E-state index is -0.666. The summed E-state index contributed by atoms with van der Waals surface area (Å²) in [7, 11) is 0. The number of nitrogens with two attached hydrogens (primary N) is 1. The Bertz CT molecular complexity index is 1200. The van der Waals surface area contributed by atoms with Gasteiger partial charge in [-0.2, -0.15) is 0 Å². The number of ether oxygens (including phenoxy) is 1. The minimum absolute atomic E-state index is 0.255. The topological polar surface area (TPSA) is 111 Å². The van der Waals surface area contributed by atoms with Crippen molar-refractivity contribution in [3.63, 3.8) is 0 Å². The van der Waals surface area contributed by atoms with Gasteiger partial charge in [-0.3, -0.25) is 14.6 Å². The minimum Gasteiger partial charge on any atom is -0.452 e. The van der Waals surface area contributed by atoms with Gasteiger partial charge in [0, 0.05) is 15.3 Å². The lowest BCUT2D eigenvalue weighted by Gasteiger charge is -2.09. The third-order valence-corrected chi connectivity index (χ3v) is 6.38. The molecular weight excluding hydrogens is 426 g/mol. The van der Waals surface area contributed by atoms with E-state index in [0.29, 0.717) is 32.2 Å². The number of hydrogen-bond acceptors (Lipinski definition) is 6. The maximum atomic E-state index is 12.5. The van der Waals surface area contributed by atoms with Gasteiger partial charge in [-0.15, -0.1) is 11.3 Å². The monoisotopic (exact) mass is 443 g/mol. The van der Waals surface area contributed by atoms with E-state index in [9.17, 15) is 14.4 Å². The predicted molar refractivity (Wildman–Crippen MR) is 115 cm³/mol. The highest BCUT2D eigenvalue weighted by atomic mass is 35.5. The number of benzene rings is 1. The quantitative estimate of drug-likeness (QED) is 0.585. The molecule has 0 unspecified atom stereocenters. The van der Waals surface area contributed by atoms with E-state index in [2.05, 4.69) is 10.3 Å². The van der Waals surface area contributed by atoms with Crippen molar-refractivity contribution in [2.24, 2.45) is 5.73 Å². The standard InChI is InChI=1S/C21H18ClN3O4S/c1-10-14(8-11-7-12(22)5-6-15(11)24-10)21(28)29-9-17(26)25-20-18(19(23)27)13-3-2-4-16(13)30-20/h5-8H,2-4,9H2,1H3,(H2,23,27)(H,25,26). The highest BCUT2D eigenvalue weighted by molar-refractivity contribution is 7.17. The summed E-state index contributed by atoms with van der Waals surface area (Å²) < 4.78 is 5.16. The van der Waals surface area contributed by atoms with Gasteiger partial charge in [0.1, 0.15) is 5.00 Å². The number of hydrogen-bond donors (Lipinski definition) is 2. The predicted octanol–water partition coefficient (Wildman–Crippen LogP) is 3.64. The fourth-order valence-electron chi connectivity index (χ4n) is 3.57. The summed E-state index contributed by atoms with van der Waals surface area (Å²) >= 11 is 7.35. The Morgan fingerprint density at radius 2 is 2.07 bits per heavy atom. The number of anilines is 1. The maximum absolute atomic E-state index is 12.5. The van der Waals surface area contributed by atoms with Crippen LogP contribution in [0, 0.1) is 6.92 Å². The van der Waals surface area contributed by atoms with Gasteiger partial charge < -0.3 is 15.8 Å². The van der Waals surface area contributed by atoms with Crippen LogP contribution in [-0.2, 0) is 22.4 Å². The van der Waals surface area contributed by atoms with Crippen LogP contribution >= 0.6 is 22.9 Å². The first-order valence-corrected chi connectivity index (χ1v) is 10.5. The Morgan fingerprint density at radius 1 is 1.27 bits per heavy atom. The van der Waals surface area contributed by atoms with E-state index in [1.165, 1.54) is 11.3 Å². The Morgan fingerprint density at radius 3 is 2.83 bits per heavy atom. The van der Waals surface area contributed by atoms with Crippen LogP contribution in [0.2, 0.25) is 5.02 Å². The van der Waals surface area contributed by atoms with Crippen molar-refractivity contribution in [1.29, 1.82) is 0 Å². The first-order chi connectivity index (χ1) is 14.3. The Labute approximate surface area is 181 Å². The van der Waals surface area contributed by atoms with Crippen LogP contribution in [0.15, 0.2) is 24.3 Å². The van der Waals surface area contributed by atoms with Crippen molar-refractivity contribution in [2.75, 3.05) is 11.9 Å². The van der Waals surface area contributed by atoms with Crippen LogP contribution in [-0.4, -0.2) is 29.4 Å².